The highest BCUT2D eigenvalue weighted by Crippen LogP contribution is 2.04. The first-order valence-corrected chi connectivity index (χ1v) is 5.10. The molecular formula is C9H12N8O. The lowest BCUT2D eigenvalue weighted by Crippen LogP contribution is -2.28. The van der Waals surface area contributed by atoms with Gasteiger partial charge in [-0.25, -0.2) is 10.8 Å². The number of amides is 1. The second-order valence-corrected chi connectivity index (χ2v) is 3.54. The number of nitrogen functional groups attached to an aromatic ring is 1. The molecule has 1 amide bonds. The number of aromatic amines is 1. The Morgan fingerprint density at radius 2 is 2.33 bits per heavy atom. The molecule has 2 heterocycles. The monoisotopic (exact) mass is 248 g/mol. The van der Waals surface area contributed by atoms with Crippen molar-refractivity contribution in [1.82, 2.24) is 30.3 Å². The lowest BCUT2D eigenvalue weighted by molar-refractivity contribution is 0.0774. The van der Waals surface area contributed by atoms with E-state index in [1.54, 1.807) is 19.2 Å². The van der Waals surface area contributed by atoms with Crippen molar-refractivity contribution in [3.8, 4) is 0 Å². The number of rotatable bonds is 4. The van der Waals surface area contributed by atoms with Gasteiger partial charge >= 0.3 is 0 Å². The molecule has 0 unspecified atom stereocenters. The first-order valence-electron chi connectivity index (χ1n) is 5.10. The third-order valence-electron chi connectivity index (χ3n) is 2.23. The van der Waals surface area contributed by atoms with Gasteiger partial charge in [-0.15, -0.1) is 10.2 Å². The molecule has 2 aromatic rings. The number of carbonyl (C=O) groups excluding carboxylic acids is 1. The molecule has 0 atom stereocenters. The zero-order valence-electron chi connectivity index (χ0n) is 9.66. The van der Waals surface area contributed by atoms with Gasteiger partial charge < -0.3 is 10.3 Å². The molecule has 0 aliphatic rings. The maximum atomic E-state index is 12.0. The third kappa shape index (κ3) is 2.58. The van der Waals surface area contributed by atoms with Gasteiger partial charge in [0, 0.05) is 7.05 Å². The van der Waals surface area contributed by atoms with Crippen LogP contribution in [0.1, 0.15) is 16.3 Å². The number of H-pyrrole nitrogens is 1. The summed E-state index contributed by atoms with van der Waals surface area (Å²) in [6.07, 6.45) is 1.38. The number of nitrogens with two attached hydrogens (primary N) is 1. The van der Waals surface area contributed by atoms with Crippen LogP contribution in [-0.4, -0.2) is 43.2 Å². The number of nitrogens with zero attached hydrogens (tertiary/aromatic N) is 5. The van der Waals surface area contributed by atoms with Gasteiger partial charge in [0.25, 0.3) is 5.91 Å². The summed E-state index contributed by atoms with van der Waals surface area (Å²) in [6.45, 7) is 0.317. The van der Waals surface area contributed by atoms with Crippen LogP contribution in [0.5, 0.6) is 0 Å². The van der Waals surface area contributed by atoms with Crippen molar-refractivity contribution in [3.05, 3.63) is 30.0 Å². The van der Waals surface area contributed by atoms with E-state index in [1.807, 2.05) is 0 Å². The first-order chi connectivity index (χ1) is 8.70. The molecule has 0 aliphatic heterocycles. The molecule has 0 fully saturated rings. The minimum Gasteiger partial charge on any atom is -0.333 e. The summed E-state index contributed by atoms with van der Waals surface area (Å²) >= 11 is 0. The summed E-state index contributed by atoms with van der Waals surface area (Å²) < 4.78 is 0. The van der Waals surface area contributed by atoms with Gasteiger partial charge in [0.05, 0.1) is 6.54 Å². The van der Waals surface area contributed by atoms with Gasteiger partial charge in [0.15, 0.2) is 11.5 Å². The molecule has 0 saturated carbocycles. The minimum atomic E-state index is -0.262. The van der Waals surface area contributed by atoms with Crippen molar-refractivity contribution in [2.45, 2.75) is 6.54 Å². The summed E-state index contributed by atoms with van der Waals surface area (Å²) in [5, 5.41) is 13.9. The van der Waals surface area contributed by atoms with E-state index in [9.17, 15) is 4.79 Å². The Morgan fingerprint density at radius 1 is 1.50 bits per heavy atom. The molecular weight excluding hydrogens is 236 g/mol. The highest BCUT2D eigenvalue weighted by molar-refractivity contribution is 5.91. The van der Waals surface area contributed by atoms with Gasteiger partial charge in [-0.2, -0.15) is 5.10 Å². The Kier molecular flexibility index (Phi) is 3.44. The number of hydrazine groups is 1. The summed E-state index contributed by atoms with van der Waals surface area (Å²) in [5.41, 5.74) is 2.57. The highest BCUT2D eigenvalue weighted by Gasteiger charge is 2.15. The molecule has 0 radical (unpaired) electrons. The SMILES string of the molecule is CN(Cc1ncn[nH]1)C(=O)c1ccc(NN)nn1. The third-order valence-corrected chi connectivity index (χ3v) is 2.23. The van der Waals surface area contributed by atoms with Gasteiger partial charge in [-0.1, -0.05) is 0 Å². The quantitative estimate of drug-likeness (QED) is 0.475. The predicted octanol–water partition coefficient (Wildman–Crippen LogP) is -0.847. The zero-order valence-corrected chi connectivity index (χ0v) is 9.66. The van der Waals surface area contributed by atoms with Crippen molar-refractivity contribution >= 4 is 11.7 Å². The van der Waals surface area contributed by atoms with Crippen molar-refractivity contribution in [1.29, 1.82) is 0 Å². The Hall–Kier alpha value is -2.55. The molecule has 0 aliphatic carbocycles. The topological polar surface area (TPSA) is 126 Å². The summed E-state index contributed by atoms with van der Waals surface area (Å²) in [6, 6.07) is 3.12. The molecule has 0 saturated heterocycles. The van der Waals surface area contributed by atoms with E-state index in [4.69, 9.17) is 5.84 Å². The molecule has 0 aromatic carbocycles. The first kappa shape index (κ1) is 11.9. The van der Waals surface area contributed by atoms with E-state index in [0.717, 1.165) is 0 Å². The second-order valence-electron chi connectivity index (χ2n) is 3.54. The van der Waals surface area contributed by atoms with Crippen LogP contribution in [0, 0.1) is 0 Å². The second kappa shape index (κ2) is 5.19. The highest BCUT2D eigenvalue weighted by atomic mass is 16.2. The number of hydrogen-bond donors (Lipinski definition) is 3. The van der Waals surface area contributed by atoms with Gasteiger partial charge in [-0.3, -0.25) is 9.89 Å². The zero-order chi connectivity index (χ0) is 13.0. The van der Waals surface area contributed by atoms with Crippen LogP contribution in [0.15, 0.2) is 18.5 Å². The van der Waals surface area contributed by atoms with E-state index in [-0.39, 0.29) is 11.6 Å². The predicted molar refractivity (Wildman–Crippen MR) is 62.0 cm³/mol. The van der Waals surface area contributed by atoms with Crippen LogP contribution in [0.25, 0.3) is 0 Å². The Morgan fingerprint density at radius 3 is 2.89 bits per heavy atom. The summed E-state index contributed by atoms with van der Waals surface area (Å²) in [4.78, 5) is 17.4. The van der Waals surface area contributed by atoms with Gasteiger partial charge in [-0.05, 0) is 12.1 Å². The van der Waals surface area contributed by atoms with Crippen LogP contribution in [0.2, 0.25) is 0 Å². The van der Waals surface area contributed by atoms with Crippen LogP contribution >= 0.6 is 0 Å². The average molecular weight is 248 g/mol. The number of hydrogen-bond acceptors (Lipinski definition) is 7. The van der Waals surface area contributed by atoms with Crippen molar-refractivity contribution in [2.75, 3.05) is 12.5 Å². The molecule has 9 heteroatoms. The van der Waals surface area contributed by atoms with Crippen LogP contribution in [0.3, 0.4) is 0 Å². The van der Waals surface area contributed by atoms with Gasteiger partial charge in [0.2, 0.25) is 0 Å². The van der Waals surface area contributed by atoms with Crippen molar-refractivity contribution in [3.63, 3.8) is 0 Å². The average Bonchev–Trinajstić information content (AvgIpc) is 2.91. The Labute approximate surface area is 102 Å². The Bertz CT molecular complexity index is 508. The largest absolute Gasteiger partial charge is 0.333 e. The molecule has 0 spiro atoms. The molecule has 94 valence electrons. The van der Waals surface area contributed by atoms with Gasteiger partial charge in [0.1, 0.15) is 12.2 Å². The summed E-state index contributed by atoms with van der Waals surface area (Å²) in [7, 11) is 1.64. The van der Waals surface area contributed by atoms with Crippen LogP contribution in [-0.2, 0) is 6.54 Å². The fraction of sp³-hybridized carbons (Fsp3) is 0.222. The smallest absolute Gasteiger partial charge is 0.274 e. The van der Waals surface area contributed by atoms with E-state index >= 15 is 0 Å². The van der Waals surface area contributed by atoms with E-state index in [1.165, 1.54) is 11.2 Å². The number of nitrogens with one attached hydrogen (secondary N) is 2. The van der Waals surface area contributed by atoms with Crippen LogP contribution in [0.4, 0.5) is 5.82 Å². The standard InChI is InChI=1S/C9H12N8O/c1-17(4-8-11-5-12-15-8)9(18)6-2-3-7(13-10)16-14-6/h2-3,5H,4,10H2,1H3,(H,13,16)(H,11,12,15). The molecule has 9 nitrogen and oxygen atoms in total. The number of aromatic nitrogens is 5. The van der Waals surface area contributed by atoms with Crippen molar-refractivity contribution in [2.24, 2.45) is 5.84 Å². The molecule has 0 bridgehead atoms. The Balaban J connectivity index is 2.05. The van der Waals surface area contributed by atoms with Crippen molar-refractivity contribution < 1.29 is 4.79 Å². The van der Waals surface area contributed by atoms with E-state index in [0.29, 0.717) is 18.2 Å². The number of anilines is 1. The fourth-order valence-corrected chi connectivity index (χ4v) is 1.32. The molecule has 2 rings (SSSR count). The minimum absolute atomic E-state index is 0.232. The summed E-state index contributed by atoms with van der Waals surface area (Å²) in [5.74, 6) is 5.89. The molecule has 2 aromatic heterocycles. The maximum absolute atomic E-state index is 12.0. The number of carbonyl (C=O) groups is 1. The molecule has 18 heavy (non-hydrogen) atoms. The fourth-order valence-electron chi connectivity index (χ4n) is 1.32. The van der Waals surface area contributed by atoms with Crippen LogP contribution < -0.4 is 11.3 Å². The lowest BCUT2D eigenvalue weighted by atomic mass is 10.3. The normalized spacial score (nSPS) is 10.1. The molecule has 4 N–H and O–H groups in total. The maximum Gasteiger partial charge on any atom is 0.274 e. The lowest BCUT2D eigenvalue weighted by Gasteiger charge is -2.14. The van der Waals surface area contributed by atoms with E-state index < -0.39 is 0 Å². The van der Waals surface area contributed by atoms with E-state index in [2.05, 4.69) is 30.8 Å².